The molecule has 0 aromatic carbocycles. The normalized spacial score (nSPS) is 13.5. The summed E-state index contributed by atoms with van der Waals surface area (Å²) in [5.74, 6) is 0.491. The predicted molar refractivity (Wildman–Crippen MR) is 79.7 cm³/mol. The summed E-state index contributed by atoms with van der Waals surface area (Å²) < 4.78 is 0. The predicted octanol–water partition coefficient (Wildman–Crippen LogP) is 4.74. The van der Waals surface area contributed by atoms with Crippen LogP contribution >= 0.6 is 0 Å². The highest BCUT2D eigenvalue weighted by atomic mass is 14.7. The Kier molecular flexibility index (Phi) is 8.04. The van der Waals surface area contributed by atoms with Crippen molar-refractivity contribution in [2.45, 2.75) is 34.1 Å². The van der Waals surface area contributed by atoms with E-state index in [9.17, 15) is 0 Å². The van der Waals surface area contributed by atoms with E-state index >= 15 is 0 Å². The van der Waals surface area contributed by atoms with Crippen LogP contribution in [-0.2, 0) is 0 Å². The number of hydrogen-bond acceptors (Lipinski definition) is 1. The van der Waals surface area contributed by atoms with Crippen LogP contribution in [0.5, 0.6) is 0 Å². The summed E-state index contributed by atoms with van der Waals surface area (Å²) in [6.07, 6.45) is 8.84. The Hall–Kier alpha value is -1.37. The summed E-state index contributed by atoms with van der Waals surface area (Å²) in [7, 11) is 0. The zero-order chi connectivity index (χ0) is 13.3. The molecule has 0 saturated carbocycles. The molecular weight excluding hydrogens is 206 g/mol. The van der Waals surface area contributed by atoms with Gasteiger partial charge in [0.15, 0.2) is 0 Å². The van der Waals surface area contributed by atoms with Crippen LogP contribution in [0.3, 0.4) is 0 Å². The summed E-state index contributed by atoms with van der Waals surface area (Å²) in [6.45, 7) is 16.9. The average Bonchev–Trinajstić information content (AvgIpc) is 2.30. The van der Waals surface area contributed by atoms with Crippen molar-refractivity contribution in [1.29, 1.82) is 0 Å². The van der Waals surface area contributed by atoms with E-state index in [1.165, 1.54) is 5.57 Å². The fourth-order valence-corrected chi connectivity index (χ4v) is 1.30. The van der Waals surface area contributed by atoms with Crippen molar-refractivity contribution < 1.29 is 0 Å². The van der Waals surface area contributed by atoms with Gasteiger partial charge in [0.2, 0.25) is 0 Å². The van der Waals surface area contributed by atoms with E-state index in [4.69, 9.17) is 0 Å². The molecule has 1 heteroatoms. The first-order valence-corrected chi connectivity index (χ1v) is 6.21. The van der Waals surface area contributed by atoms with Crippen LogP contribution in [0.25, 0.3) is 0 Å². The second-order valence-electron chi connectivity index (χ2n) is 4.34. The molecule has 0 bridgehead atoms. The van der Waals surface area contributed by atoms with Gasteiger partial charge < -0.3 is 0 Å². The van der Waals surface area contributed by atoms with Gasteiger partial charge in [-0.1, -0.05) is 63.8 Å². The van der Waals surface area contributed by atoms with E-state index < -0.39 is 0 Å². The van der Waals surface area contributed by atoms with E-state index in [0.29, 0.717) is 12.5 Å². The van der Waals surface area contributed by atoms with Gasteiger partial charge in [-0.05, 0) is 24.8 Å². The van der Waals surface area contributed by atoms with Gasteiger partial charge in [-0.25, -0.2) is 0 Å². The summed E-state index contributed by atoms with van der Waals surface area (Å²) in [6, 6.07) is 0. The van der Waals surface area contributed by atoms with Crippen LogP contribution in [0.4, 0.5) is 0 Å². The molecule has 0 unspecified atom stereocenters. The Morgan fingerprint density at radius 2 is 2.00 bits per heavy atom. The second-order valence-corrected chi connectivity index (χ2v) is 4.34. The van der Waals surface area contributed by atoms with Crippen molar-refractivity contribution in [1.82, 2.24) is 0 Å². The molecule has 0 radical (unpaired) electrons. The maximum absolute atomic E-state index is 4.52. The SMILES string of the molecule is C=C/C=C/C/N=C(C)\C(=C\C(=C)C(C)C)CC. The second kappa shape index (κ2) is 8.74. The zero-order valence-corrected chi connectivity index (χ0v) is 11.7. The van der Waals surface area contributed by atoms with Crippen LogP contribution in [0.15, 0.2) is 53.6 Å². The summed E-state index contributed by atoms with van der Waals surface area (Å²) in [5.41, 5.74) is 3.54. The molecule has 0 aliphatic heterocycles. The van der Waals surface area contributed by atoms with Gasteiger partial charge in [0.25, 0.3) is 0 Å². The Morgan fingerprint density at radius 1 is 1.35 bits per heavy atom. The van der Waals surface area contributed by atoms with Crippen LogP contribution in [0.1, 0.15) is 34.1 Å². The number of rotatable bonds is 7. The highest BCUT2D eigenvalue weighted by Crippen LogP contribution is 2.14. The highest BCUT2D eigenvalue weighted by Gasteiger charge is 2.02. The van der Waals surface area contributed by atoms with Gasteiger partial charge in [-0.3, -0.25) is 4.99 Å². The molecule has 0 N–H and O–H groups in total. The van der Waals surface area contributed by atoms with E-state index in [1.807, 2.05) is 12.2 Å². The maximum Gasteiger partial charge on any atom is 0.0576 e. The Labute approximate surface area is 106 Å². The smallest absolute Gasteiger partial charge is 0.0576 e. The molecule has 0 heterocycles. The van der Waals surface area contributed by atoms with E-state index in [1.54, 1.807) is 6.08 Å². The molecule has 0 saturated heterocycles. The number of aliphatic imine (C=N–C) groups is 1. The van der Waals surface area contributed by atoms with Gasteiger partial charge in [-0.2, -0.15) is 0 Å². The number of nitrogens with zero attached hydrogens (tertiary/aromatic N) is 1. The minimum Gasteiger partial charge on any atom is -0.286 e. The summed E-state index contributed by atoms with van der Waals surface area (Å²) >= 11 is 0. The minimum atomic E-state index is 0.491. The summed E-state index contributed by atoms with van der Waals surface area (Å²) in [5, 5.41) is 0. The van der Waals surface area contributed by atoms with Crippen molar-refractivity contribution in [3.63, 3.8) is 0 Å². The first-order chi connectivity index (χ1) is 8.02. The Bertz CT molecular complexity index is 341. The molecule has 0 spiro atoms. The number of hydrogen-bond donors (Lipinski definition) is 0. The van der Waals surface area contributed by atoms with Gasteiger partial charge >= 0.3 is 0 Å². The van der Waals surface area contributed by atoms with Crippen molar-refractivity contribution in [3.8, 4) is 0 Å². The van der Waals surface area contributed by atoms with Crippen LogP contribution in [0, 0.1) is 5.92 Å². The molecule has 0 aromatic heterocycles. The average molecular weight is 231 g/mol. The molecule has 0 aromatic rings. The first kappa shape index (κ1) is 15.6. The molecule has 0 amide bonds. The van der Waals surface area contributed by atoms with Crippen LogP contribution in [-0.4, -0.2) is 12.3 Å². The number of allylic oxidation sites excluding steroid dienone is 5. The van der Waals surface area contributed by atoms with Crippen LogP contribution < -0.4 is 0 Å². The lowest BCUT2D eigenvalue weighted by molar-refractivity contribution is 0.793. The Balaban J connectivity index is 4.70. The van der Waals surface area contributed by atoms with Gasteiger partial charge in [0, 0.05) is 5.71 Å². The molecule has 17 heavy (non-hydrogen) atoms. The quantitative estimate of drug-likeness (QED) is 0.443. The first-order valence-electron chi connectivity index (χ1n) is 6.21. The monoisotopic (exact) mass is 231 g/mol. The summed E-state index contributed by atoms with van der Waals surface area (Å²) in [4.78, 5) is 4.52. The third-order valence-electron chi connectivity index (χ3n) is 2.65. The largest absolute Gasteiger partial charge is 0.286 e. The van der Waals surface area contributed by atoms with E-state index in [0.717, 1.165) is 17.7 Å². The van der Waals surface area contributed by atoms with Gasteiger partial charge in [0.1, 0.15) is 0 Å². The third-order valence-corrected chi connectivity index (χ3v) is 2.65. The Morgan fingerprint density at radius 3 is 2.47 bits per heavy atom. The molecule has 0 aliphatic rings. The molecule has 94 valence electrons. The van der Waals surface area contributed by atoms with Gasteiger partial charge in [0.05, 0.1) is 6.54 Å². The minimum absolute atomic E-state index is 0.491. The topological polar surface area (TPSA) is 12.4 Å². The lowest BCUT2D eigenvalue weighted by atomic mass is 9.99. The molecule has 0 rings (SSSR count). The fraction of sp³-hybridized carbons (Fsp3) is 0.438. The fourth-order valence-electron chi connectivity index (χ4n) is 1.30. The maximum atomic E-state index is 4.52. The molecule has 0 aliphatic carbocycles. The van der Waals surface area contributed by atoms with Crippen molar-refractivity contribution in [2.24, 2.45) is 10.9 Å². The van der Waals surface area contributed by atoms with Crippen molar-refractivity contribution in [3.05, 3.63) is 48.6 Å². The van der Waals surface area contributed by atoms with E-state index in [2.05, 4.69) is 51.9 Å². The van der Waals surface area contributed by atoms with Crippen molar-refractivity contribution >= 4 is 5.71 Å². The lowest BCUT2D eigenvalue weighted by Crippen LogP contribution is -2.00. The van der Waals surface area contributed by atoms with Crippen LogP contribution in [0.2, 0.25) is 0 Å². The van der Waals surface area contributed by atoms with E-state index in [-0.39, 0.29) is 0 Å². The standard InChI is InChI=1S/C16H25N/c1-7-9-10-11-17-15(6)16(8-2)12-14(5)13(3)4/h7,9-10,12-13H,1,5,8,11H2,2-4,6H3/b10-9+,16-12+,17-15-. The molecule has 0 fully saturated rings. The molecule has 1 nitrogen and oxygen atoms in total. The zero-order valence-electron chi connectivity index (χ0n) is 11.7. The molecule has 0 atom stereocenters. The third kappa shape index (κ3) is 6.72. The lowest BCUT2D eigenvalue weighted by Gasteiger charge is -2.08. The van der Waals surface area contributed by atoms with Gasteiger partial charge in [-0.15, -0.1) is 0 Å². The van der Waals surface area contributed by atoms with Crippen molar-refractivity contribution in [2.75, 3.05) is 6.54 Å². The highest BCUT2D eigenvalue weighted by molar-refractivity contribution is 5.98. The molecular formula is C16H25N.